The molecular formula is C16H20BrNOS. The van der Waals surface area contributed by atoms with Crippen LogP contribution in [0.1, 0.15) is 27.8 Å². The van der Waals surface area contributed by atoms with Gasteiger partial charge in [-0.2, -0.15) is 0 Å². The molecule has 0 fully saturated rings. The van der Waals surface area contributed by atoms with Gasteiger partial charge in [0.15, 0.2) is 0 Å². The van der Waals surface area contributed by atoms with Crippen LogP contribution in [0.15, 0.2) is 28.7 Å². The van der Waals surface area contributed by atoms with Gasteiger partial charge in [0.25, 0.3) is 0 Å². The van der Waals surface area contributed by atoms with Crippen molar-refractivity contribution < 1.29 is 4.74 Å². The Morgan fingerprint density at radius 1 is 1.25 bits per heavy atom. The molecule has 0 unspecified atom stereocenters. The van der Waals surface area contributed by atoms with Crippen molar-refractivity contribution in [2.24, 2.45) is 5.73 Å². The summed E-state index contributed by atoms with van der Waals surface area (Å²) in [6.45, 7) is 5.51. The van der Waals surface area contributed by atoms with Crippen molar-refractivity contribution in [2.75, 3.05) is 6.54 Å². The topological polar surface area (TPSA) is 35.2 Å². The zero-order valence-corrected chi connectivity index (χ0v) is 14.3. The second-order valence-electron chi connectivity index (χ2n) is 4.76. The van der Waals surface area contributed by atoms with Crippen molar-refractivity contribution in [2.45, 2.75) is 33.3 Å². The van der Waals surface area contributed by atoms with Crippen molar-refractivity contribution in [1.82, 2.24) is 0 Å². The van der Waals surface area contributed by atoms with Crippen LogP contribution >= 0.6 is 27.3 Å². The summed E-state index contributed by atoms with van der Waals surface area (Å²) in [6, 6.07) is 8.52. The predicted molar refractivity (Wildman–Crippen MR) is 89.7 cm³/mol. The summed E-state index contributed by atoms with van der Waals surface area (Å²) in [5.41, 5.74) is 8.01. The summed E-state index contributed by atoms with van der Waals surface area (Å²) in [6.07, 6.45) is 1.92. The minimum absolute atomic E-state index is 0.630. The first-order chi connectivity index (χ1) is 9.63. The van der Waals surface area contributed by atoms with Gasteiger partial charge in [-0.05, 0) is 61.7 Å². The van der Waals surface area contributed by atoms with Gasteiger partial charge in [-0.25, -0.2) is 0 Å². The van der Waals surface area contributed by atoms with Gasteiger partial charge in [0.1, 0.15) is 12.4 Å². The van der Waals surface area contributed by atoms with Gasteiger partial charge >= 0.3 is 0 Å². The number of rotatable bonds is 6. The Bertz CT molecular complexity index is 580. The molecule has 2 aromatic rings. The largest absolute Gasteiger partial charge is 0.488 e. The molecule has 0 aliphatic heterocycles. The Morgan fingerprint density at radius 2 is 2.00 bits per heavy atom. The smallest absolute Gasteiger partial charge is 0.126 e. The van der Waals surface area contributed by atoms with Crippen LogP contribution in [0, 0.1) is 6.92 Å². The van der Waals surface area contributed by atoms with Crippen LogP contribution < -0.4 is 10.5 Å². The molecule has 0 radical (unpaired) electrons. The maximum Gasteiger partial charge on any atom is 0.126 e. The second kappa shape index (κ2) is 7.25. The number of ether oxygens (including phenoxy) is 1. The number of thiophene rings is 1. The first-order valence-electron chi connectivity index (χ1n) is 6.83. The van der Waals surface area contributed by atoms with Crippen LogP contribution in [0.5, 0.6) is 5.75 Å². The van der Waals surface area contributed by atoms with Gasteiger partial charge in [-0.1, -0.05) is 22.9 Å². The number of benzene rings is 1. The summed E-state index contributed by atoms with van der Waals surface area (Å²) >= 11 is 5.35. The fourth-order valence-electron chi connectivity index (χ4n) is 2.18. The molecule has 1 aromatic carbocycles. The first kappa shape index (κ1) is 15.5. The molecule has 2 N–H and O–H groups in total. The summed E-state index contributed by atoms with van der Waals surface area (Å²) in [5, 5.41) is 0. The van der Waals surface area contributed by atoms with E-state index in [4.69, 9.17) is 10.5 Å². The summed E-state index contributed by atoms with van der Waals surface area (Å²) < 4.78 is 7.13. The van der Waals surface area contributed by atoms with E-state index in [-0.39, 0.29) is 0 Å². The van der Waals surface area contributed by atoms with Crippen molar-refractivity contribution in [3.05, 3.63) is 49.6 Å². The average Bonchev–Trinajstić information content (AvgIpc) is 2.86. The first-order valence-corrected chi connectivity index (χ1v) is 8.44. The fraction of sp³-hybridized carbons (Fsp3) is 0.375. The number of aryl methyl sites for hydroxylation is 2. The standard InChI is InChI=1S/C16H20BrNOS/c1-3-14-4-5-15(20-14)10-19-16-11(2)8-13(17)9-12(16)6-7-18/h4-5,8-9H,3,6-7,10,18H2,1-2H3. The molecule has 20 heavy (non-hydrogen) atoms. The minimum Gasteiger partial charge on any atom is -0.488 e. The van der Waals surface area contributed by atoms with Crippen molar-refractivity contribution in [1.29, 1.82) is 0 Å². The van der Waals surface area contributed by atoms with E-state index in [2.05, 4.69) is 54.0 Å². The van der Waals surface area contributed by atoms with Gasteiger partial charge in [0, 0.05) is 14.2 Å². The van der Waals surface area contributed by atoms with E-state index in [9.17, 15) is 0 Å². The Labute approximate surface area is 133 Å². The Morgan fingerprint density at radius 3 is 2.65 bits per heavy atom. The molecule has 0 saturated heterocycles. The minimum atomic E-state index is 0.630. The monoisotopic (exact) mass is 353 g/mol. The van der Waals surface area contributed by atoms with E-state index >= 15 is 0 Å². The van der Waals surface area contributed by atoms with Crippen LogP contribution in [-0.4, -0.2) is 6.54 Å². The number of hydrogen-bond donors (Lipinski definition) is 1. The molecule has 0 saturated carbocycles. The predicted octanol–water partition coefficient (Wildman–Crippen LogP) is 4.46. The van der Waals surface area contributed by atoms with E-state index in [1.165, 1.54) is 15.3 Å². The second-order valence-corrected chi connectivity index (χ2v) is 6.93. The highest BCUT2D eigenvalue weighted by atomic mass is 79.9. The molecule has 0 bridgehead atoms. The number of nitrogens with two attached hydrogens (primary N) is 1. The van der Waals surface area contributed by atoms with Gasteiger partial charge in [0.2, 0.25) is 0 Å². The van der Waals surface area contributed by atoms with Crippen molar-refractivity contribution in [3.8, 4) is 5.75 Å². The average molecular weight is 354 g/mol. The Balaban J connectivity index is 2.15. The molecule has 108 valence electrons. The molecule has 4 heteroatoms. The van der Waals surface area contributed by atoms with Crippen LogP contribution in [0.3, 0.4) is 0 Å². The van der Waals surface area contributed by atoms with E-state index < -0.39 is 0 Å². The molecule has 0 aliphatic carbocycles. The molecule has 0 spiro atoms. The highest BCUT2D eigenvalue weighted by Crippen LogP contribution is 2.30. The van der Waals surface area contributed by atoms with Gasteiger partial charge in [0.05, 0.1) is 0 Å². The molecule has 0 aliphatic rings. The lowest BCUT2D eigenvalue weighted by molar-refractivity contribution is 0.304. The molecule has 2 rings (SSSR count). The highest BCUT2D eigenvalue weighted by molar-refractivity contribution is 9.10. The molecule has 2 nitrogen and oxygen atoms in total. The van der Waals surface area contributed by atoms with Gasteiger partial charge in [-0.15, -0.1) is 11.3 Å². The van der Waals surface area contributed by atoms with Crippen molar-refractivity contribution >= 4 is 27.3 Å². The number of hydrogen-bond acceptors (Lipinski definition) is 3. The van der Waals surface area contributed by atoms with Crippen LogP contribution in [0.4, 0.5) is 0 Å². The summed E-state index contributed by atoms with van der Waals surface area (Å²) in [4.78, 5) is 2.67. The SMILES string of the molecule is CCc1ccc(COc2c(C)cc(Br)cc2CCN)s1. The van der Waals surface area contributed by atoms with E-state index in [0.717, 1.165) is 28.6 Å². The van der Waals surface area contributed by atoms with Gasteiger partial charge < -0.3 is 10.5 Å². The maximum atomic E-state index is 6.05. The Kier molecular flexibility index (Phi) is 5.64. The Hall–Kier alpha value is -0.840. The molecule has 0 atom stereocenters. The van der Waals surface area contributed by atoms with Crippen LogP contribution in [0.2, 0.25) is 0 Å². The third kappa shape index (κ3) is 3.84. The van der Waals surface area contributed by atoms with Crippen molar-refractivity contribution in [3.63, 3.8) is 0 Å². The van der Waals surface area contributed by atoms with E-state index in [1.807, 2.05) is 11.3 Å². The van der Waals surface area contributed by atoms with E-state index in [1.54, 1.807) is 0 Å². The fourth-order valence-corrected chi connectivity index (χ4v) is 3.67. The molecule has 0 amide bonds. The van der Waals surface area contributed by atoms with Gasteiger partial charge in [-0.3, -0.25) is 0 Å². The van der Waals surface area contributed by atoms with Crippen LogP contribution in [-0.2, 0) is 19.4 Å². The molecular weight excluding hydrogens is 334 g/mol. The van der Waals surface area contributed by atoms with Crippen LogP contribution in [0.25, 0.3) is 0 Å². The zero-order chi connectivity index (χ0) is 14.5. The normalized spacial score (nSPS) is 10.8. The highest BCUT2D eigenvalue weighted by Gasteiger charge is 2.09. The zero-order valence-electron chi connectivity index (χ0n) is 11.9. The van der Waals surface area contributed by atoms with E-state index in [0.29, 0.717) is 13.2 Å². The third-order valence-corrected chi connectivity index (χ3v) is 4.82. The summed E-state index contributed by atoms with van der Waals surface area (Å²) in [5.74, 6) is 0.977. The third-order valence-electron chi connectivity index (χ3n) is 3.15. The maximum absolute atomic E-state index is 6.05. The molecule has 1 aromatic heterocycles. The lowest BCUT2D eigenvalue weighted by Gasteiger charge is -2.14. The summed E-state index contributed by atoms with van der Waals surface area (Å²) in [7, 11) is 0. The lowest BCUT2D eigenvalue weighted by Crippen LogP contribution is -2.06. The molecule has 1 heterocycles. The quantitative estimate of drug-likeness (QED) is 0.831. The number of halogens is 1. The lowest BCUT2D eigenvalue weighted by atomic mass is 10.1.